The molecule has 3 aromatic rings. The van der Waals surface area contributed by atoms with E-state index in [9.17, 15) is 4.79 Å². The van der Waals surface area contributed by atoms with Gasteiger partial charge in [0, 0.05) is 28.0 Å². The van der Waals surface area contributed by atoms with Gasteiger partial charge in [0.2, 0.25) is 0 Å². The van der Waals surface area contributed by atoms with Gasteiger partial charge in [-0.3, -0.25) is 4.79 Å². The number of aryl methyl sites for hydroxylation is 2. The quantitative estimate of drug-likeness (QED) is 0.539. The van der Waals surface area contributed by atoms with Gasteiger partial charge in [0.25, 0.3) is 5.91 Å². The SMILES string of the molecule is Cc1c(C(=O)NC2CCCCC2)nn(-c2ccc(Cl)cc2Cl)c1-n1c(C)ccc1C. The van der Waals surface area contributed by atoms with Crippen molar-refractivity contribution in [1.29, 1.82) is 0 Å². The van der Waals surface area contributed by atoms with Crippen LogP contribution in [-0.4, -0.2) is 26.3 Å². The molecule has 0 spiro atoms. The van der Waals surface area contributed by atoms with E-state index in [1.165, 1.54) is 6.42 Å². The Hall–Kier alpha value is -2.24. The number of nitrogens with one attached hydrogen (secondary N) is 1. The summed E-state index contributed by atoms with van der Waals surface area (Å²) in [5.41, 5.74) is 4.04. The molecule has 0 aliphatic heterocycles. The van der Waals surface area contributed by atoms with Crippen molar-refractivity contribution in [3.8, 4) is 11.5 Å². The van der Waals surface area contributed by atoms with Gasteiger partial charge in [-0.25, -0.2) is 4.68 Å². The molecule has 5 nitrogen and oxygen atoms in total. The fraction of sp³-hybridized carbons (Fsp3) is 0.391. The molecule has 1 aliphatic carbocycles. The molecule has 0 bridgehead atoms. The maximum Gasteiger partial charge on any atom is 0.272 e. The molecule has 0 saturated heterocycles. The Labute approximate surface area is 187 Å². The van der Waals surface area contributed by atoms with E-state index in [2.05, 4.69) is 22.0 Å². The van der Waals surface area contributed by atoms with Gasteiger partial charge < -0.3 is 9.88 Å². The van der Waals surface area contributed by atoms with E-state index in [0.29, 0.717) is 21.4 Å². The lowest BCUT2D eigenvalue weighted by molar-refractivity contribution is 0.0921. The van der Waals surface area contributed by atoms with Crippen molar-refractivity contribution < 1.29 is 4.79 Å². The molecule has 7 heteroatoms. The Kier molecular flexibility index (Phi) is 5.94. The first-order chi connectivity index (χ1) is 14.4. The average molecular weight is 445 g/mol. The van der Waals surface area contributed by atoms with Crippen LogP contribution in [0.1, 0.15) is 59.5 Å². The van der Waals surface area contributed by atoms with Crippen LogP contribution >= 0.6 is 23.2 Å². The van der Waals surface area contributed by atoms with Crippen LogP contribution in [0.4, 0.5) is 0 Å². The minimum absolute atomic E-state index is 0.132. The second kappa shape index (κ2) is 8.48. The first kappa shape index (κ1) is 21.0. The summed E-state index contributed by atoms with van der Waals surface area (Å²) < 4.78 is 3.86. The molecule has 4 rings (SSSR count). The van der Waals surface area contributed by atoms with Crippen LogP contribution < -0.4 is 5.32 Å². The number of halogens is 2. The number of hydrogen-bond acceptors (Lipinski definition) is 2. The first-order valence-electron chi connectivity index (χ1n) is 10.4. The smallest absolute Gasteiger partial charge is 0.272 e. The van der Waals surface area contributed by atoms with E-state index in [1.807, 2.05) is 26.8 Å². The van der Waals surface area contributed by atoms with Gasteiger partial charge >= 0.3 is 0 Å². The standard InChI is InChI=1S/C23H26Cl2N4O/c1-14-9-10-15(2)28(14)23-16(3)21(22(30)26-18-7-5-4-6-8-18)27-29(23)20-12-11-17(24)13-19(20)25/h9-13,18H,4-8H2,1-3H3,(H,26,30). The van der Waals surface area contributed by atoms with Crippen LogP contribution in [0.3, 0.4) is 0 Å². The summed E-state index contributed by atoms with van der Waals surface area (Å²) in [4.78, 5) is 13.2. The lowest BCUT2D eigenvalue weighted by Crippen LogP contribution is -2.36. The summed E-state index contributed by atoms with van der Waals surface area (Å²) in [6.07, 6.45) is 5.61. The van der Waals surface area contributed by atoms with Crippen molar-refractivity contribution in [1.82, 2.24) is 19.7 Å². The van der Waals surface area contributed by atoms with Crippen LogP contribution in [-0.2, 0) is 0 Å². The van der Waals surface area contributed by atoms with Crippen molar-refractivity contribution in [3.63, 3.8) is 0 Å². The summed E-state index contributed by atoms with van der Waals surface area (Å²) in [5.74, 6) is 0.681. The zero-order valence-corrected chi connectivity index (χ0v) is 19.0. The Morgan fingerprint density at radius 1 is 1.03 bits per heavy atom. The molecule has 2 aromatic heterocycles. The molecule has 1 fully saturated rings. The Morgan fingerprint density at radius 3 is 2.33 bits per heavy atom. The highest BCUT2D eigenvalue weighted by atomic mass is 35.5. The third kappa shape index (κ3) is 3.88. The fourth-order valence-corrected chi connectivity index (χ4v) is 4.78. The molecular weight excluding hydrogens is 419 g/mol. The Morgan fingerprint density at radius 2 is 1.70 bits per heavy atom. The number of hydrogen-bond donors (Lipinski definition) is 1. The number of amides is 1. The van der Waals surface area contributed by atoms with Gasteiger partial charge in [-0.05, 0) is 63.9 Å². The lowest BCUT2D eigenvalue weighted by atomic mass is 9.95. The topological polar surface area (TPSA) is 51.9 Å². The van der Waals surface area contributed by atoms with Crippen molar-refractivity contribution in [2.75, 3.05) is 0 Å². The number of carbonyl (C=O) groups is 1. The number of rotatable bonds is 4. The van der Waals surface area contributed by atoms with Gasteiger partial charge in [-0.15, -0.1) is 0 Å². The second-order valence-corrected chi connectivity index (χ2v) is 8.91. The highest BCUT2D eigenvalue weighted by Crippen LogP contribution is 2.31. The fourth-order valence-electron chi connectivity index (χ4n) is 4.29. The van der Waals surface area contributed by atoms with E-state index < -0.39 is 0 Å². The van der Waals surface area contributed by atoms with Crippen LogP contribution in [0.25, 0.3) is 11.5 Å². The highest BCUT2D eigenvalue weighted by molar-refractivity contribution is 6.35. The number of benzene rings is 1. The minimum Gasteiger partial charge on any atom is -0.348 e. The van der Waals surface area contributed by atoms with E-state index in [4.69, 9.17) is 28.3 Å². The molecule has 0 unspecified atom stereocenters. The molecule has 2 heterocycles. The summed E-state index contributed by atoms with van der Waals surface area (Å²) in [5, 5.41) is 8.95. The summed E-state index contributed by atoms with van der Waals surface area (Å²) in [6.45, 7) is 6.02. The molecule has 158 valence electrons. The average Bonchev–Trinajstić information content (AvgIpc) is 3.21. The lowest BCUT2D eigenvalue weighted by Gasteiger charge is -2.22. The third-order valence-corrected chi connectivity index (χ3v) is 6.41. The third-order valence-electron chi connectivity index (χ3n) is 5.87. The van der Waals surface area contributed by atoms with Crippen LogP contribution in [0.2, 0.25) is 10.0 Å². The monoisotopic (exact) mass is 444 g/mol. The van der Waals surface area contributed by atoms with Crippen molar-refractivity contribution in [2.24, 2.45) is 0 Å². The van der Waals surface area contributed by atoms with Gasteiger partial charge in [0.05, 0.1) is 10.7 Å². The normalized spacial score (nSPS) is 14.8. The van der Waals surface area contributed by atoms with Gasteiger partial charge in [-0.2, -0.15) is 5.10 Å². The molecule has 1 aromatic carbocycles. The van der Waals surface area contributed by atoms with E-state index in [1.54, 1.807) is 16.8 Å². The predicted octanol–water partition coefficient (Wildman–Crippen LogP) is 5.96. The summed E-state index contributed by atoms with van der Waals surface area (Å²) >= 11 is 12.6. The zero-order chi connectivity index (χ0) is 21.4. The maximum atomic E-state index is 13.2. The maximum absolute atomic E-state index is 13.2. The predicted molar refractivity (Wildman–Crippen MR) is 121 cm³/mol. The van der Waals surface area contributed by atoms with Gasteiger partial charge in [-0.1, -0.05) is 42.5 Å². The molecule has 0 atom stereocenters. The summed E-state index contributed by atoms with van der Waals surface area (Å²) in [7, 11) is 0. The van der Waals surface area contributed by atoms with Crippen molar-refractivity contribution in [3.05, 3.63) is 63.0 Å². The molecule has 1 saturated carbocycles. The molecular formula is C23H26Cl2N4O. The van der Waals surface area contributed by atoms with Crippen molar-refractivity contribution >= 4 is 29.1 Å². The number of nitrogens with zero attached hydrogens (tertiary/aromatic N) is 3. The van der Waals surface area contributed by atoms with E-state index >= 15 is 0 Å². The zero-order valence-electron chi connectivity index (χ0n) is 17.5. The Balaban J connectivity index is 1.84. The number of carbonyl (C=O) groups excluding carboxylic acids is 1. The largest absolute Gasteiger partial charge is 0.348 e. The minimum atomic E-state index is -0.132. The van der Waals surface area contributed by atoms with Crippen LogP contribution in [0.15, 0.2) is 30.3 Å². The number of aromatic nitrogens is 3. The second-order valence-electron chi connectivity index (χ2n) is 8.06. The molecule has 1 amide bonds. The Bertz CT molecular complexity index is 1070. The van der Waals surface area contributed by atoms with Crippen LogP contribution in [0, 0.1) is 20.8 Å². The molecule has 1 N–H and O–H groups in total. The molecule has 0 radical (unpaired) electrons. The van der Waals surface area contributed by atoms with Gasteiger partial charge in [0.1, 0.15) is 5.82 Å². The van der Waals surface area contributed by atoms with Crippen LogP contribution in [0.5, 0.6) is 0 Å². The highest BCUT2D eigenvalue weighted by Gasteiger charge is 2.26. The van der Waals surface area contributed by atoms with E-state index in [-0.39, 0.29) is 11.9 Å². The first-order valence-corrected chi connectivity index (χ1v) is 11.1. The molecule has 1 aliphatic rings. The van der Waals surface area contributed by atoms with Gasteiger partial charge in [0.15, 0.2) is 5.69 Å². The van der Waals surface area contributed by atoms with Crippen molar-refractivity contribution in [2.45, 2.75) is 58.9 Å². The summed E-state index contributed by atoms with van der Waals surface area (Å²) in [6, 6.07) is 9.62. The molecule has 30 heavy (non-hydrogen) atoms. The van der Waals surface area contributed by atoms with E-state index in [0.717, 1.165) is 48.5 Å².